The average molecular weight is 268 g/mol. The molecule has 0 saturated heterocycles. The van der Waals surface area contributed by atoms with Crippen LogP contribution in [0.3, 0.4) is 0 Å². The Morgan fingerprint density at radius 2 is 2.22 bits per heavy atom. The van der Waals surface area contributed by atoms with Crippen molar-refractivity contribution in [1.82, 2.24) is 9.97 Å². The molecule has 1 aromatic heterocycles. The average Bonchev–Trinajstić information content (AvgIpc) is 2.39. The van der Waals surface area contributed by atoms with E-state index in [1.165, 1.54) is 0 Å². The van der Waals surface area contributed by atoms with E-state index in [2.05, 4.69) is 28.7 Å². The SMILES string of the molecule is CCC(C)N(CCOC)c1cnc(C(N)=S)cn1. The molecule has 6 heteroatoms. The van der Waals surface area contributed by atoms with Gasteiger partial charge in [0.25, 0.3) is 0 Å². The third-order valence-corrected chi connectivity index (χ3v) is 3.05. The minimum Gasteiger partial charge on any atom is -0.388 e. The molecule has 2 N–H and O–H groups in total. The standard InChI is InChI=1S/C12H20N4OS/c1-4-9(2)16(5-6-17-3)11-8-14-10(7-15-11)12(13)18/h7-9H,4-6H2,1-3H3,(H2,13,18). The molecule has 1 rings (SSSR count). The quantitative estimate of drug-likeness (QED) is 0.753. The Balaban J connectivity index is 2.87. The fourth-order valence-corrected chi connectivity index (χ4v) is 1.67. The Bertz CT molecular complexity index is 382. The number of hydrogen-bond acceptors (Lipinski definition) is 5. The Labute approximate surface area is 113 Å². The van der Waals surface area contributed by atoms with Gasteiger partial charge in [0.1, 0.15) is 16.5 Å². The molecule has 0 aliphatic carbocycles. The van der Waals surface area contributed by atoms with E-state index >= 15 is 0 Å². The Kier molecular flexibility index (Phi) is 5.94. The molecular weight excluding hydrogens is 248 g/mol. The largest absolute Gasteiger partial charge is 0.388 e. The highest BCUT2D eigenvalue weighted by molar-refractivity contribution is 7.80. The number of nitrogens with two attached hydrogens (primary N) is 1. The molecule has 1 unspecified atom stereocenters. The van der Waals surface area contributed by atoms with Crippen LogP contribution in [0.1, 0.15) is 26.0 Å². The van der Waals surface area contributed by atoms with Crippen molar-refractivity contribution in [3.8, 4) is 0 Å². The van der Waals surface area contributed by atoms with E-state index in [9.17, 15) is 0 Å². The summed E-state index contributed by atoms with van der Waals surface area (Å²) < 4.78 is 5.12. The molecule has 0 fully saturated rings. The molecule has 18 heavy (non-hydrogen) atoms. The van der Waals surface area contributed by atoms with Gasteiger partial charge in [0.2, 0.25) is 0 Å². The Morgan fingerprint density at radius 1 is 1.50 bits per heavy atom. The van der Waals surface area contributed by atoms with Crippen molar-refractivity contribution in [2.45, 2.75) is 26.3 Å². The van der Waals surface area contributed by atoms with Crippen molar-refractivity contribution in [2.24, 2.45) is 5.73 Å². The smallest absolute Gasteiger partial charge is 0.147 e. The molecule has 0 amide bonds. The van der Waals surface area contributed by atoms with Gasteiger partial charge in [-0.1, -0.05) is 19.1 Å². The summed E-state index contributed by atoms with van der Waals surface area (Å²) in [7, 11) is 1.69. The van der Waals surface area contributed by atoms with Gasteiger partial charge in [0.15, 0.2) is 0 Å². The van der Waals surface area contributed by atoms with E-state index < -0.39 is 0 Å². The number of thiocarbonyl (C=S) groups is 1. The summed E-state index contributed by atoms with van der Waals surface area (Å²) in [5, 5.41) is 0. The van der Waals surface area contributed by atoms with E-state index in [1.807, 2.05) is 0 Å². The fraction of sp³-hybridized carbons (Fsp3) is 0.583. The van der Waals surface area contributed by atoms with E-state index in [1.54, 1.807) is 19.5 Å². The number of rotatable bonds is 7. The van der Waals surface area contributed by atoms with Gasteiger partial charge < -0.3 is 15.4 Å². The normalized spacial score (nSPS) is 12.2. The maximum absolute atomic E-state index is 5.50. The van der Waals surface area contributed by atoms with Gasteiger partial charge in [-0.05, 0) is 13.3 Å². The number of anilines is 1. The van der Waals surface area contributed by atoms with Gasteiger partial charge in [-0.25, -0.2) is 9.97 Å². The number of methoxy groups -OCH3 is 1. The zero-order chi connectivity index (χ0) is 13.5. The van der Waals surface area contributed by atoms with Crippen molar-refractivity contribution in [1.29, 1.82) is 0 Å². The van der Waals surface area contributed by atoms with Crippen LogP contribution in [-0.4, -0.2) is 41.3 Å². The first-order valence-electron chi connectivity index (χ1n) is 5.97. The maximum atomic E-state index is 5.50. The third kappa shape index (κ3) is 3.89. The summed E-state index contributed by atoms with van der Waals surface area (Å²) >= 11 is 4.86. The lowest BCUT2D eigenvalue weighted by atomic mass is 10.2. The van der Waals surface area contributed by atoms with Crippen molar-refractivity contribution < 1.29 is 4.74 Å². The van der Waals surface area contributed by atoms with Gasteiger partial charge >= 0.3 is 0 Å². The van der Waals surface area contributed by atoms with Crippen LogP contribution in [0.5, 0.6) is 0 Å². The summed E-state index contributed by atoms with van der Waals surface area (Å²) in [6, 6.07) is 0.380. The second-order valence-electron chi connectivity index (χ2n) is 4.07. The fourth-order valence-electron chi connectivity index (χ4n) is 1.57. The highest BCUT2D eigenvalue weighted by Crippen LogP contribution is 2.14. The predicted octanol–water partition coefficient (Wildman–Crippen LogP) is 1.36. The molecule has 0 aliphatic rings. The van der Waals surface area contributed by atoms with E-state index in [-0.39, 0.29) is 4.99 Å². The van der Waals surface area contributed by atoms with E-state index in [4.69, 9.17) is 22.7 Å². The van der Waals surface area contributed by atoms with Crippen LogP contribution in [0.15, 0.2) is 12.4 Å². The predicted molar refractivity (Wildman–Crippen MR) is 76.9 cm³/mol. The molecular formula is C12H20N4OS. The van der Waals surface area contributed by atoms with Crippen molar-refractivity contribution >= 4 is 23.0 Å². The lowest BCUT2D eigenvalue weighted by Crippen LogP contribution is -2.36. The second-order valence-corrected chi connectivity index (χ2v) is 4.51. The molecule has 0 radical (unpaired) electrons. The van der Waals surface area contributed by atoms with Crippen molar-refractivity contribution in [3.63, 3.8) is 0 Å². The molecule has 1 atom stereocenters. The Hall–Kier alpha value is -1.27. The van der Waals surface area contributed by atoms with Crippen LogP contribution in [0.4, 0.5) is 5.82 Å². The van der Waals surface area contributed by atoms with Crippen LogP contribution >= 0.6 is 12.2 Å². The molecule has 0 aliphatic heterocycles. The summed E-state index contributed by atoms with van der Waals surface area (Å²) in [5.74, 6) is 0.821. The number of aromatic nitrogens is 2. The molecule has 0 spiro atoms. The lowest BCUT2D eigenvalue weighted by Gasteiger charge is -2.29. The molecule has 1 heterocycles. The van der Waals surface area contributed by atoms with E-state index in [0.717, 1.165) is 18.8 Å². The molecule has 1 aromatic rings. The highest BCUT2D eigenvalue weighted by atomic mass is 32.1. The van der Waals surface area contributed by atoms with Gasteiger partial charge in [0.05, 0.1) is 19.0 Å². The molecule has 5 nitrogen and oxygen atoms in total. The van der Waals surface area contributed by atoms with Gasteiger partial charge in [0, 0.05) is 19.7 Å². The zero-order valence-corrected chi connectivity index (χ0v) is 11.9. The Morgan fingerprint density at radius 3 is 2.67 bits per heavy atom. The van der Waals surface area contributed by atoms with Crippen LogP contribution in [-0.2, 0) is 4.74 Å². The van der Waals surface area contributed by atoms with E-state index in [0.29, 0.717) is 18.3 Å². The zero-order valence-electron chi connectivity index (χ0n) is 11.1. The van der Waals surface area contributed by atoms with Crippen LogP contribution in [0, 0.1) is 0 Å². The molecule has 0 aromatic carbocycles. The number of nitrogens with zero attached hydrogens (tertiary/aromatic N) is 3. The van der Waals surface area contributed by atoms with Gasteiger partial charge in [-0.3, -0.25) is 0 Å². The first-order valence-corrected chi connectivity index (χ1v) is 6.38. The van der Waals surface area contributed by atoms with Crippen molar-refractivity contribution in [3.05, 3.63) is 18.1 Å². The first kappa shape index (κ1) is 14.8. The summed E-state index contributed by atoms with van der Waals surface area (Å²) in [6.07, 6.45) is 4.35. The first-order chi connectivity index (χ1) is 8.60. The monoisotopic (exact) mass is 268 g/mol. The van der Waals surface area contributed by atoms with Crippen molar-refractivity contribution in [2.75, 3.05) is 25.2 Å². The molecule has 100 valence electrons. The van der Waals surface area contributed by atoms with Crippen LogP contribution in [0.25, 0.3) is 0 Å². The minimum absolute atomic E-state index is 0.265. The van der Waals surface area contributed by atoms with Crippen LogP contribution < -0.4 is 10.6 Å². The van der Waals surface area contributed by atoms with Gasteiger partial charge in [-0.15, -0.1) is 0 Å². The third-order valence-electron chi connectivity index (χ3n) is 2.84. The minimum atomic E-state index is 0.265. The number of ether oxygens (including phenoxy) is 1. The second kappa shape index (κ2) is 7.23. The number of hydrogen-bond donors (Lipinski definition) is 1. The summed E-state index contributed by atoms with van der Waals surface area (Å²) in [5.41, 5.74) is 6.05. The lowest BCUT2D eigenvalue weighted by molar-refractivity contribution is 0.203. The topological polar surface area (TPSA) is 64.3 Å². The summed E-state index contributed by atoms with van der Waals surface area (Å²) in [6.45, 7) is 5.73. The molecule has 0 saturated carbocycles. The van der Waals surface area contributed by atoms with Crippen LogP contribution in [0.2, 0.25) is 0 Å². The maximum Gasteiger partial charge on any atom is 0.147 e. The summed E-state index contributed by atoms with van der Waals surface area (Å²) in [4.78, 5) is 11.0. The van der Waals surface area contributed by atoms with Gasteiger partial charge in [-0.2, -0.15) is 0 Å². The molecule has 0 bridgehead atoms. The highest BCUT2D eigenvalue weighted by Gasteiger charge is 2.14.